The van der Waals surface area contributed by atoms with E-state index in [9.17, 15) is 4.79 Å². The molecule has 2 aromatic carbocycles. The van der Waals surface area contributed by atoms with Crippen molar-refractivity contribution in [2.75, 3.05) is 0 Å². The molecule has 0 aliphatic rings. The summed E-state index contributed by atoms with van der Waals surface area (Å²) in [4.78, 5) is 10.7. The summed E-state index contributed by atoms with van der Waals surface area (Å²) in [5.41, 5.74) is 4.85. The number of aliphatic carboxylic acids is 1. The van der Waals surface area contributed by atoms with Gasteiger partial charge in [-0.25, -0.2) is 0 Å². The summed E-state index contributed by atoms with van der Waals surface area (Å²) >= 11 is 0. The van der Waals surface area contributed by atoms with Crippen LogP contribution in [0.25, 0.3) is 11.1 Å². The summed E-state index contributed by atoms with van der Waals surface area (Å²) in [5.74, 6) is -0.563. The summed E-state index contributed by atoms with van der Waals surface area (Å²) in [6.45, 7) is 4.05. The lowest BCUT2D eigenvalue weighted by atomic mass is 9.96. The maximum absolute atomic E-state index is 10.7. The molecular weight excluding hydrogens is 248 g/mol. The van der Waals surface area contributed by atoms with Crippen molar-refractivity contribution in [3.8, 4) is 11.1 Å². The third-order valence-electron chi connectivity index (χ3n) is 3.45. The molecule has 0 radical (unpaired) electrons. The molecule has 0 fully saturated rings. The predicted molar refractivity (Wildman–Crippen MR) is 81.7 cm³/mol. The molecule has 0 bridgehead atoms. The van der Waals surface area contributed by atoms with Crippen molar-refractivity contribution in [2.45, 2.75) is 26.7 Å². The van der Waals surface area contributed by atoms with Gasteiger partial charge in [0.2, 0.25) is 0 Å². The molecule has 20 heavy (non-hydrogen) atoms. The molecule has 2 heteroatoms. The van der Waals surface area contributed by atoms with Gasteiger partial charge in [0.1, 0.15) is 0 Å². The molecule has 0 aliphatic carbocycles. The lowest BCUT2D eigenvalue weighted by molar-refractivity contribution is -0.137. The number of carboxylic acids is 1. The molecule has 0 aliphatic heterocycles. The maximum Gasteiger partial charge on any atom is 0.303 e. The van der Waals surface area contributed by atoms with E-state index >= 15 is 0 Å². The molecule has 0 aromatic heterocycles. The first-order chi connectivity index (χ1) is 9.54. The van der Waals surface area contributed by atoms with Crippen LogP contribution in [0.15, 0.2) is 48.5 Å². The Labute approximate surface area is 120 Å². The molecule has 1 atom stereocenters. The first kappa shape index (κ1) is 14.3. The molecule has 1 N–H and O–H groups in total. The summed E-state index contributed by atoms with van der Waals surface area (Å²) < 4.78 is 0. The zero-order chi connectivity index (χ0) is 14.5. The highest BCUT2D eigenvalue weighted by atomic mass is 16.4. The Balaban J connectivity index is 2.06. The predicted octanol–water partition coefficient (Wildman–Crippen LogP) is 4.32. The van der Waals surface area contributed by atoms with Crippen molar-refractivity contribution in [1.29, 1.82) is 0 Å². The van der Waals surface area contributed by atoms with E-state index in [2.05, 4.69) is 55.5 Å². The Morgan fingerprint density at radius 3 is 2.00 bits per heavy atom. The standard InChI is InChI=1S/C18H20O2/c1-13-3-7-16(8-4-13)17-9-5-15(6-10-17)11-14(2)12-18(19)20/h3-10,14H,11-12H2,1-2H3,(H,19,20). The molecule has 0 saturated carbocycles. The van der Waals surface area contributed by atoms with Crippen LogP contribution in [0.3, 0.4) is 0 Å². The van der Waals surface area contributed by atoms with Crippen LogP contribution in [0.5, 0.6) is 0 Å². The number of hydrogen-bond donors (Lipinski definition) is 1. The lowest BCUT2D eigenvalue weighted by Crippen LogP contribution is -2.06. The molecule has 104 valence electrons. The first-order valence-corrected chi connectivity index (χ1v) is 6.92. The van der Waals surface area contributed by atoms with Crippen molar-refractivity contribution in [2.24, 2.45) is 5.92 Å². The fraction of sp³-hybridized carbons (Fsp3) is 0.278. The second-order valence-corrected chi connectivity index (χ2v) is 5.47. The van der Waals surface area contributed by atoms with Crippen molar-refractivity contribution in [3.63, 3.8) is 0 Å². The average molecular weight is 268 g/mol. The molecule has 0 spiro atoms. The van der Waals surface area contributed by atoms with Gasteiger partial charge in [0.25, 0.3) is 0 Å². The number of carbonyl (C=O) groups is 1. The fourth-order valence-corrected chi connectivity index (χ4v) is 2.35. The minimum absolute atomic E-state index is 0.165. The van der Waals surface area contributed by atoms with E-state index in [-0.39, 0.29) is 12.3 Å². The molecule has 2 rings (SSSR count). The van der Waals surface area contributed by atoms with Crippen LogP contribution >= 0.6 is 0 Å². The molecule has 2 aromatic rings. The topological polar surface area (TPSA) is 37.3 Å². The largest absolute Gasteiger partial charge is 0.481 e. The molecule has 1 unspecified atom stereocenters. The van der Waals surface area contributed by atoms with Gasteiger partial charge in [0.05, 0.1) is 0 Å². The van der Waals surface area contributed by atoms with Crippen LogP contribution in [0.1, 0.15) is 24.5 Å². The second-order valence-electron chi connectivity index (χ2n) is 5.47. The minimum atomic E-state index is -0.728. The third-order valence-corrected chi connectivity index (χ3v) is 3.45. The van der Waals surface area contributed by atoms with E-state index in [4.69, 9.17) is 5.11 Å². The van der Waals surface area contributed by atoms with Crippen LogP contribution in [0.2, 0.25) is 0 Å². The van der Waals surface area contributed by atoms with E-state index in [1.54, 1.807) is 0 Å². The van der Waals surface area contributed by atoms with Crippen LogP contribution in [-0.2, 0) is 11.2 Å². The van der Waals surface area contributed by atoms with Gasteiger partial charge in [-0.1, -0.05) is 61.0 Å². The zero-order valence-electron chi connectivity index (χ0n) is 12.0. The maximum atomic E-state index is 10.7. The number of benzene rings is 2. The van der Waals surface area contributed by atoms with Crippen molar-refractivity contribution in [3.05, 3.63) is 59.7 Å². The van der Waals surface area contributed by atoms with Gasteiger partial charge < -0.3 is 5.11 Å². The van der Waals surface area contributed by atoms with E-state index in [0.29, 0.717) is 0 Å². The highest BCUT2D eigenvalue weighted by molar-refractivity contribution is 5.67. The highest BCUT2D eigenvalue weighted by Gasteiger charge is 2.08. The second kappa shape index (κ2) is 6.38. The van der Waals surface area contributed by atoms with E-state index in [1.807, 2.05) is 6.92 Å². The SMILES string of the molecule is Cc1ccc(-c2ccc(CC(C)CC(=O)O)cc2)cc1. The Morgan fingerprint density at radius 2 is 1.50 bits per heavy atom. The van der Waals surface area contributed by atoms with Crippen molar-refractivity contribution in [1.82, 2.24) is 0 Å². The Hall–Kier alpha value is -2.09. The molecule has 0 heterocycles. The average Bonchev–Trinajstić information content (AvgIpc) is 2.39. The smallest absolute Gasteiger partial charge is 0.303 e. The molecular formula is C18H20O2. The number of aryl methyl sites for hydroxylation is 1. The van der Waals surface area contributed by atoms with Crippen LogP contribution in [-0.4, -0.2) is 11.1 Å². The van der Waals surface area contributed by atoms with Gasteiger partial charge in [0, 0.05) is 6.42 Å². The number of rotatable bonds is 5. The van der Waals surface area contributed by atoms with Crippen LogP contribution in [0, 0.1) is 12.8 Å². The number of carboxylic acid groups (broad SMARTS) is 1. The lowest BCUT2D eigenvalue weighted by Gasteiger charge is -2.09. The minimum Gasteiger partial charge on any atom is -0.481 e. The van der Waals surface area contributed by atoms with Crippen LogP contribution in [0.4, 0.5) is 0 Å². The normalized spacial score (nSPS) is 12.1. The van der Waals surface area contributed by atoms with Gasteiger partial charge >= 0.3 is 5.97 Å². The fourth-order valence-electron chi connectivity index (χ4n) is 2.35. The quantitative estimate of drug-likeness (QED) is 0.877. The summed E-state index contributed by atoms with van der Waals surface area (Å²) in [6.07, 6.45) is 1.03. The Morgan fingerprint density at radius 1 is 1.00 bits per heavy atom. The zero-order valence-corrected chi connectivity index (χ0v) is 12.0. The third kappa shape index (κ3) is 3.95. The molecule has 2 nitrogen and oxygen atoms in total. The summed E-state index contributed by atoms with van der Waals surface area (Å²) in [7, 11) is 0. The summed E-state index contributed by atoms with van der Waals surface area (Å²) in [6, 6.07) is 16.9. The Kier molecular flexibility index (Phi) is 4.57. The van der Waals surface area contributed by atoms with E-state index in [0.717, 1.165) is 6.42 Å². The van der Waals surface area contributed by atoms with Crippen molar-refractivity contribution >= 4 is 5.97 Å². The Bertz CT molecular complexity index is 567. The van der Waals surface area contributed by atoms with Crippen molar-refractivity contribution < 1.29 is 9.90 Å². The number of hydrogen-bond acceptors (Lipinski definition) is 1. The van der Waals surface area contributed by atoms with Gasteiger partial charge in [-0.15, -0.1) is 0 Å². The van der Waals surface area contributed by atoms with Gasteiger partial charge in [-0.3, -0.25) is 4.79 Å². The van der Waals surface area contributed by atoms with E-state index < -0.39 is 5.97 Å². The van der Waals surface area contributed by atoms with Crippen LogP contribution < -0.4 is 0 Å². The van der Waals surface area contributed by atoms with Gasteiger partial charge in [0.15, 0.2) is 0 Å². The monoisotopic (exact) mass is 268 g/mol. The van der Waals surface area contributed by atoms with E-state index in [1.165, 1.54) is 22.3 Å². The first-order valence-electron chi connectivity index (χ1n) is 6.92. The molecule has 0 saturated heterocycles. The summed E-state index contributed by atoms with van der Waals surface area (Å²) in [5, 5.41) is 8.78. The molecule has 0 amide bonds. The van der Waals surface area contributed by atoms with Gasteiger partial charge in [-0.05, 0) is 36.0 Å². The highest BCUT2D eigenvalue weighted by Crippen LogP contribution is 2.21. The van der Waals surface area contributed by atoms with Gasteiger partial charge in [-0.2, -0.15) is 0 Å².